The molecule has 3 rings (SSSR count). The molecule has 29 heavy (non-hydrogen) atoms. The number of carbonyl (C=O) groups is 1. The van der Waals surface area contributed by atoms with Crippen molar-refractivity contribution >= 4 is 17.7 Å². The molecular weight excluding hydrogens is 366 g/mol. The SMILES string of the molecule is Cc1[nH]c(/C=C2/C(=O)NN=C2c2nccnn2)c(C(C)C)c1CCCCN(C)C. The quantitative estimate of drug-likeness (QED) is 0.528. The van der Waals surface area contributed by atoms with E-state index in [2.05, 4.69) is 70.5 Å². The Kier molecular flexibility index (Phi) is 6.53. The third-order valence-electron chi connectivity index (χ3n) is 5.00. The van der Waals surface area contributed by atoms with Gasteiger partial charge in [0.25, 0.3) is 5.91 Å². The molecule has 0 radical (unpaired) electrons. The Morgan fingerprint density at radius 1 is 1.21 bits per heavy atom. The fourth-order valence-corrected chi connectivity index (χ4v) is 3.67. The van der Waals surface area contributed by atoms with Gasteiger partial charge in [-0.05, 0) is 69.9 Å². The van der Waals surface area contributed by atoms with Crippen molar-refractivity contribution in [3.05, 3.63) is 46.3 Å². The van der Waals surface area contributed by atoms with Crippen molar-refractivity contribution in [3.63, 3.8) is 0 Å². The second kappa shape index (κ2) is 9.09. The Morgan fingerprint density at radius 2 is 2.00 bits per heavy atom. The lowest BCUT2D eigenvalue weighted by Crippen LogP contribution is -2.15. The second-order valence-corrected chi connectivity index (χ2v) is 7.90. The lowest BCUT2D eigenvalue weighted by atomic mass is 9.93. The van der Waals surface area contributed by atoms with Gasteiger partial charge in [0, 0.05) is 17.6 Å². The van der Waals surface area contributed by atoms with E-state index in [1.165, 1.54) is 23.5 Å². The van der Waals surface area contributed by atoms with Crippen LogP contribution in [0, 0.1) is 6.92 Å². The Bertz CT molecular complexity index is 926. The molecule has 0 bridgehead atoms. The molecule has 0 aromatic carbocycles. The molecule has 0 spiro atoms. The summed E-state index contributed by atoms with van der Waals surface area (Å²) in [6.45, 7) is 7.55. The summed E-state index contributed by atoms with van der Waals surface area (Å²) in [5, 5.41) is 11.9. The van der Waals surface area contributed by atoms with Crippen LogP contribution in [0.3, 0.4) is 0 Å². The zero-order valence-corrected chi connectivity index (χ0v) is 17.8. The summed E-state index contributed by atoms with van der Waals surface area (Å²) in [7, 11) is 4.20. The number of rotatable bonds is 8. The average molecular weight is 396 g/mol. The number of hydrazone groups is 1. The first kappa shape index (κ1) is 20.9. The maximum absolute atomic E-state index is 12.4. The highest BCUT2D eigenvalue weighted by atomic mass is 16.2. The van der Waals surface area contributed by atoms with E-state index in [1.54, 1.807) is 0 Å². The Labute approximate surface area is 171 Å². The van der Waals surface area contributed by atoms with Crippen molar-refractivity contribution in [1.82, 2.24) is 30.5 Å². The molecule has 8 nitrogen and oxygen atoms in total. The molecule has 0 saturated heterocycles. The summed E-state index contributed by atoms with van der Waals surface area (Å²) in [4.78, 5) is 22.3. The van der Waals surface area contributed by atoms with Crippen LogP contribution in [0.5, 0.6) is 0 Å². The van der Waals surface area contributed by atoms with Crippen LogP contribution in [0.2, 0.25) is 0 Å². The summed E-state index contributed by atoms with van der Waals surface area (Å²) in [6.07, 6.45) is 8.20. The first-order valence-electron chi connectivity index (χ1n) is 9.98. The summed E-state index contributed by atoms with van der Waals surface area (Å²) >= 11 is 0. The molecule has 0 fully saturated rings. The first-order valence-corrected chi connectivity index (χ1v) is 9.98. The van der Waals surface area contributed by atoms with Gasteiger partial charge in [-0.1, -0.05) is 13.8 Å². The smallest absolute Gasteiger partial charge is 0.273 e. The number of hydrogen-bond donors (Lipinski definition) is 2. The van der Waals surface area contributed by atoms with E-state index in [0.717, 1.165) is 37.2 Å². The number of H-pyrrole nitrogens is 1. The van der Waals surface area contributed by atoms with Crippen molar-refractivity contribution in [2.45, 2.75) is 46.0 Å². The lowest BCUT2D eigenvalue weighted by molar-refractivity contribution is -0.116. The van der Waals surface area contributed by atoms with Gasteiger partial charge in [0.15, 0.2) is 0 Å². The number of nitrogens with one attached hydrogen (secondary N) is 2. The zero-order chi connectivity index (χ0) is 21.0. The largest absolute Gasteiger partial charge is 0.359 e. The van der Waals surface area contributed by atoms with Crippen LogP contribution >= 0.6 is 0 Å². The van der Waals surface area contributed by atoms with Gasteiger partial charge < -0.3 is 9.88 Å². The predicted molar refractivity (Wildman–Crippen MR) is 114 cm³/mol. The Balaban J connectivity index is 1.92. The number of hydrogen-bond acceptors (Lipinski definition) is 6. The molecule has 0 atom stereocenters. The number of carbonyl (C=O) groups excluding carboxylic acids is 1. The highest BCUT2D eigenvalue weighted by Crippen LogP contribution is 2.30. The summed E-state index contributed by atoms with van der Waals surface area (Å²) in [5.74, 6) is 0.396. The molecule has 0 unspecified atom stereocenters. The van der Waals surface area contributed by atoms with Gasteiger partial charge in [0.05, 0.1) is 11.8 Å². The Hall–Kier alpha value is -2.87. The van der Waals surface area contributed by atoms with Gasteiger partial charge in [-0.25, -0.2) is 10.4 Å². The fourth-order valence-electron chi connectivity index (χ4n) is 3.67. The normalized spacial score (nSPS) is 15.5. The molecule has 2 N–H and O–H groups in total. The van der Waals surface area contributed by atoms with Gasteiger partial charge in [0.2, 0.25) is 5.82 Å². The van der Waals surface area contributed by atoms with E-state index < -0.39 is 0 Å². The van der Waals surface area contributed by atoms with Gasteiger partial charge in [-0.3, -0.25) is 4.79 Å². The monoisotopic (exact) mass is 395 g/mol. The molecule has 2 aromatic rings. The minimum atomic E-state index is -0.262. The van der Waals surface area contributed by atoms with Crippen molar-refractivity contribution in [3.8, 4) is 0 Å². The van der Waals surface area contributed by atoms with E-state index in [0.29, 0.717) is 23.0 Å². The van der Waals surface area contributed by atoms with E-state index in [9.17, 15) is 4.79 Å². The predicted octanol–water partition coefficient (Wildman–Crippen LogP) is 2.43. The van der Waals surface area contributed by atoms with Crippen LogP contribution in [0.25, 0.3) is 6.08 Å². The third-order valence-corrected chi connectivity index (χ3v) is 5.00. The van der Waals surface area contributed by atoms with Crippen molar-refractivity contribution in [2.75, 3.05) is 20.6 Å². The molecule has 1 aliphatic heterocycles. The first-order chi connectivity index (χ1) is 13.9. The molecule has 2 aromatic heterocycles. The maximum atomic E-state index is 12.4. The summed E-state index contributed by atoms with van der Waals surface area (Å²) < 4.78 is 0. The summed E-state index contributed by atoms with van der Waals surface area (Å²) in [5.41, 5.74) is 8.08. The number of aromatic amines is 1. The van der Waals surface area contributed by atoms with Crippen LogP contribution in [0.15, 0.2) is 23.1 Å². The van der Waals surface area contributed by atoms with Crippen LogP contribution in [-0.2, 0) is 11.2 Å². The molecule has 1 amide bonds. The zero-order valence-electron chi connectivity index (χ0n) is 17.8. The maximum Gasteiger partial charge on any atom is 0.273 e. The molecule has 8 heteroatoms. The van der Waals surface area contributed by atoms with Gasteiger partial charge in [-0.15, -0.1) is 5.10 Å². The van der Waals surface area contributed by atoms with Gasteiger partial charge in [0.1, 0.15) is 5.71 Å². The third kappa shape index (κ3) is 4.76. The minimum Gasteiger partial charge on any atom is -0.359 e. The molecule has 154 valence electrons. The molecule has 0 saturated carbocycles. The molecule has 0 aliphatic carbocycles. The Morgan fingerprint density at radius 3 is 2.66 bits per heavy atom. The number of aryl methyl sites for hydroxylation is 1. The van der Waals surface area contributed by atoms with Crippen molar-refractivity contribution < 1.29 is 4.79 Å². The fraction of sp³-hybridized carbons (Fsp3) is 0.476. The topological polar surface area (TPSA) is 99.2 Å². The lowest BCUT2D eigenvalue weighted by Gasteiger charge is -2.12. The van der Waals surface area contributed by atoms with Crippen molar-refractivity contribution in [2.24, 2.45) is 5.10 Å². The number of unbranched alkanes of at least 4 members (excludes halogenated alkanes) is 1. The van der Waals surface area contributed by atoms with Crippen LogP contribution in [0.4, 0.5) is 0 Å². The molecule has 3 heterocycles. The van der Waals surface area contributed by atoms with Gasteiger partial charge in [-0.2, -0.15) is 10.2 Å². The summed E-state index contributed by atoms with van der Waals surface area (Å²) in [6, 6.07) is 0. The van der Waals surface area contributed by atoms with E-state index >= 15 is 0 Å². The number of aromatic nitrogens is 4. The van der Waals surface area contributed by atoms with E-state index in [4.69, 9.17) is 0 Å². The standard InChI is InChI=1S/C21H29N7O/c1-13(2)18-15(8-6-7-11-28(4)5)14(3)24-17(18)12-16-19(25-27-21(16)29)20-22-9-10-23-26-20/h9-10,12-13,24H,6-8,11H2,1-5H3,(H,27,29)/b16-12+. The highest BCUT2D eigenvalue weighted by molar-refractivity contribution is 6.32. The van der Waals surface area contributed by atoms with Crippen LogP contribution in [0.1, 0.15) is 60.9 Å². The molecular formula is C21H29N7O. The van der Waals surface area contributed by atoms with Gasteiger partial charge >= 0.3 is 0 Å². The van der Waals surface area contributed by atoms with Crippen LogP contribution < -0.4 is 5.43 Å². The van der Waals surface area contributed by atoms with E-state index in [-0.39, 0.29) is 5.91 Å². The minimum absolute atomic E-state index is 0.262. The average Bonchev–Trinajstić information content (AvgIpc) is 3.19. The molecule has 1 aliphatic rings. The van der Waals surface area contributed by atoms with Crippen LogP contribution in [-0.4, -0.2) is 57.3 Å². The number of amides is 1. The van der Waals surface area contributed by atoms with E-state index in [1.807, 2.05) is 6.08 Å². The second-order valence-electron chi connectivity index (χ2n) is 7.90. The number of nitrogens with zero attached hydrogens (tertiary/aromatic N) is 5. The highest BCUT2D eigenvalue weighted by Gasteiger charge is 2.27. The van der Waals surface area contributed by atoms with Crippen molar-refractivity contribution in [1.29, 1.82) is 0 Å².